The standard InChI is InChI=1S/C33H37ClN6O2/c1-22-7-10-25(17-24(22)11-8-23-9-14-31(35-19-23)38-33(42)37-27-5-4-6-27)32(41)36-28-13-12-26(30(34)18-28)20-40-16-15-29(21-40)39(2)3/h7,9-10,12-14,17-19,27,29H,4-6,15-16,20-21H2,1-3H3,(H,36,41)(H2,35,37,38,42)/t29-/m1/s1. The van der Waals surface area contributed by atoms with Crippen LogP contribution in [0.3, 0.4) is 0 Å². The van der Waals surface area contributed by atoms with E-state index in [-0.39, 0.29) is 18.0 Å². The molecule has 8 nitrogen and oxygen atoms in total. The minimum Gasteiger partial charge on any atom is -0.335 e. The number of pyridine rings is 1. The van der Waals surface area contributed by atoms with Crippen LogP contribution in [0.25, 0.3) is 0 Å². The molecule has 0 radical (unpaired) electrons. The summed E-state index contributed by atoms with van der Waals surface area (Å²) >= 11 is 6.61. The summed E-state index contributed by atoms with van der Waals surface area (Å²) in [7, 11) is 4.24. The van der Waals surface area contributed by atoms with Crippen LogP contribution < -0.4 is 16.0 Å². The Kier molecular flexibility index (Phi) is 9.43. The molecule has 1 saturated carbocycles. The third-order valence-corrected chi connectivity index (χ3v) is 8.32. The molecular formula is C33H37ClN6O2. The number of nitrogens with one attached hydrogen (secondary N) is 3. The second-order valence-electron chi connectivity index (χ2n) is 11.3. The molecule has 1 saturated heterocycles. The SMILES string of the molecule is Cc1ccc(C(=O)Nc2ccc(CN3CC[C@@H](N(C)C)C3)c(Cl)c2)cc1C#Cc1ccc(NC(=O)NC2CCC2)nc1. The number of aryl methyl sites for hydroxylation is 1. The van der Waals surface area contributed by atoms with E-state index in [0.717, 1.165) is 62.0 Å². The summed E-state index contributed by atoms with van der Waals surface area (Å²) in [4.78, 5) is 34.1. The van der Waals surface area contributed by atoms with Gasteiger partial charge in [0.25, 0.3) is 5.91 Å². The average molecular weight is 585 g/mol. The largest absolute Gasteiger partial charge is 0.335 e. The molecule has 2 fully saturated rings. The van der Waals surface area contributed by atoms with Crippen molar-refractivity contribution in [3.05, 3.63) is 87.6 Å². The van der Waals surface area contributed by atoms with E-state index in [1.165, 1.54) is 0 Å². The van der Waals surface area contributed by atoms with Crippen LogP contribution in [-0.4, -0.2) is 66.0 Å². The van der Waals surface area contributed by atoms with Crippen molar-refractivity contribution in [2.75, 3.05) is 37.8 Å². The molecule has 218 valence electrons. The van der Waals surface area contributed by atoms with Crippen molar-refractivity contribution in [1.82, 2.24) is 20.1 Å². The van der Waals surface area contributed by atoms with Gasteiger partial charge in [-0.05, 0) is 94.2 Å². The van der Waals surface area contributed by atoms with Crippen molar-refractivity contribution >= 4 is 35.0 Å². The fraction of sp³-hybridized carbons (Fsp3) is 0.364. The van der Waals surface area contributed by atoms with E-state index in [9.17, 15) is 9.59 Å². The number of amides is 3. The Morgan fingerprint density at radius 3 is 2.55 bits per heavy atom. The molecule has 1 aromatic heterocycles. The molecule has 42 heavy (non-hydrogen) atoms. The molecule has 5 rings (SSSR count). The molecule has 3 aromatic rings. The van der Waals surface area contributed by atoms with Crippen LogP contribution in [0.2, 0.25) is 5.02 Å². The second-order valence-corrected chi connectivity index (χ2v) is 11.7. The summed E-state index contributed by atoms with van der Waals surface area (Å²) in [6, 6.07) is 15.3. The van der Waals surface area contributed by atoms with Crippen LogP contribution >= 0.6 is 11.6 Å². The van der Waals surface area contributed by atoms with Crippen molar-refractivity contribution in [1.29, 1.82) is 0 Å². The Morgan fingerprint density at radius 1 is 1.05 bits per heavy atom. The number of rotatable bonds is 7. The summed E-state index contributed by atoms with van der Waals surface area (Å²) in [5, 5.41) is 9.28. The highest BCUT2D eigenvalue weighted by Crippen LogP contribution is 2.25. The van der Waals surface area contributed by atoms with Gasteiger partial charge in [-0.2, -0.15) is 0 Å². The Labute approximate surface area is 252 Å². The number of aromatic nitrogens is 1. The molecule has 2 aliphatic rings. The molecular weight excluding hydrogens is 548 g/mol. The molecule has 0 bridgehead atoms. The minimum absolute atomic E-state index is 0.229. The van der Waals surface area contributed by atoms with Gasteiger partial charge >= 0.3 is 6.03 Å². The lowest BCUT2D eigenvalue weighted by atomic mass is 9.93. The second kappa shape index (κ2) is 13.4. The summed E-state index contributed by atoms with van der Waals surface area (Å²) in [6.45, 7) is 4.83. The van der Waals surface area contributed by atoms with E-state index < -0.39 is 0 Å². The first-order valence-electron chi connectivity index (χ1n) is 14.4. The smallest absolute Gasteiger partial charge is 0.320 e. The molecule has 3 N–H and O–H groups in total. The van der Waals surface area contributed by atoms with E-state index in [4.69, 9.17) is 11.6 Å². The average Bonchev–Trinajstić information content (AvgIpc) is 3.42. The number of carbonyl (C=O) groups is 2. The zero-order valence-corrected chi connectivity index (χ0v) is 25.1. The van der Waals surface area contributed by atoms with Gasteiger partial charge in [0.05, 0.1) is 0 Å². The fourth-order valence-corrected chi connectivity index (χ4v) is 5.28. The van der Waals surface area contributed by atoms with Gasteiger partial charge in [-0.3, -0.25) is 15.0 Å². The molecule has 0 spiro atoms. The maximum absolute atomic E-state index is 13.1. The summed E-state index contributed by atoms with van der Waals surface area (Å²) < 4.78 is 0. The normalized spacial score (nSPS) is 16.8. The third-order valence-electron chi connectivity index (χ3n) is 7.97. The van der Waals surface area contributed by atoms with Gasteiger partial charge in [-0.15, -0.1) is 0 Å². The quantitative estimate of drug-likeness (QED) is 0.319. The summed E-state index contributed by atoms with van der Waals surface area (Å²) in [6.07, 6.45) is 5.98. The van der Waals surface area contributed by atoms with E-state index >= 15 is 0 Å². The number of hydrogen-bond donors (Lipinski definition) is 3. The zero-order chi connectivity index (χ0) is 29.6. The van der Waals surface area contributed by atoms with Crippen LogP contribution in [0.5, 0.6) is 0 Å². The monoisotopic (exact) mass is 584 g/mol. The first-order valence-corrected chi connectivity index (χ1v) is 14.8. The third kappa shape index (κ3) is 7.68. The van der Waals surface area contributed by atoms with Crippen LogP contribution in [0, 0.1) is 18.8 Å². The highest BCUT2D eigenvalue weighted by Gasteiger charge is 2.24. The number of urea groups is 1. The lowest BCUT2D eigenvalue weighted by Crippen LogP contribution is -2.41. The van der Waals surface area contributed by atoms with Gasteiger partial charge in [0.15, 0.2) is 0 Å². The number of likely N-dealkylation sites (N-methyl/N-ethyl adjacent to an activating group) is 1. The lowest BCUT2D eigenvalue weighted by Gasteiger charge is -2.26. The predicted octanol–water partition coefficient (Wildman–Crippen LogP) is 5.51. The number of carbonyl (C=O) groups excluding carboxylic acids is 2. The molecule has 3 amide bonds. The lowest BCUT2D eigenvalue weighted by molar-refractivity contribution is 0.102. The highest BCUT2D eigenvalue weighted by atomic mass is 35.5. The van der Waals surface area contributed by atoms with Crippen molar-refractivity contribution in [2.45, 2.75) is 51.2 Å². The Bertz CT molecular complexity index is 1510. The molecule has 1 aliphatic carbocycles. The van der Waals surface area contributed by atoms with Crippen molar-refractivity contribution in [2.24, 2.45) is 0 Å². The number of hydrogen-bond acceptors (Lipinski definition) is 5. The number of benzene rings is 2. The van der Waals surface area contributed by atoms with Gasteiger partial charge in [0.2, 0.25) is 0 Å². The topological polar surface area (TPSA) is 89.6 Å². The van der Waals surface area contributed by atoms with Crippen molar-refractivity contribution in [3.63, 3.8) is 0 Å². The Morgan fingerprint density at radius 2 is 1.88 bits per heavy atom. The van der Waals surface area contributed by atoms with Crippen LogP contribution in [0.15, 0.2) is 54.7 Å². The maximum Gasteiger partial charge on any atom is 0.320 e. The van der Waals surface area contributed by atoms with Crippen LogP contribution in [0.1, 0.15) is 58.3 Å². The maximum atomic E-state index is 13.1. The minimum atomic E-state index is -0.240. The Balaban J connectivity index is 1.19. The van der Waals surface area contributed by atoms with Crippen LogP contribution in [-0.2, 0) is 6.54 Å². The first-order chi connectivity index (χ1) is 20.2. The van der Waals surface area contributed by atoms with E-state index in [0.29, 0.717) is 33.7 Å². The molecule has 9 heteroatoms. The molecule has 0 unspecified atom stereocenters. The van der Waals surface area contributed by atoms with Gasteiger partial charge in [-0.25, -0.2) is 9.78 Å². The van der Waals surface area contributed by atoms with E-state index in [1.54, 1.807) is 24.4 Å². The van der Waals surface area contributed by atoms with Crippen LogP contribution in [0.4, 0.5) is 16.3 Å². The number of nitrogens with zero attached hydrogens (tertiary/aromatic N) is 3. The molecule has 1 aliphatic heterocycles. The molecule has 2 heterocycles. The summed E-state index contributed by atoms with van der Waals surface area (Å²) in [5.74, 6) is 6.49. The van der Waals surface area contributed by atoms with Crippen molar-refractivity contribution < 1.29 is 9.59 Å². The van der Waals surface area contributed by atoms with Gasteiger partial charge in [0, 0.05) is 65.3 Å². The first kappa shape index (κ1) is 29.6. The zero-order valence-electron chi connectivity index (χ0n) is 24.3. The van der Waals surface area contributed by atoms with E-state index in [2.05, 4.69) is 56.7 Å². The van der Waals surface area contributed by atoms with E-state index in [1.807, 2.05) is 37.3 Å². The highest BCUT2D eigenvalue weighted by molar-refractivity contribution is 6.31. The molecule has 2 aromatic carbocycles. The fourth-order valence-electron chi connectivity index (χ4n) is 5.04. The Hall–Kier alpha value is -3.90. The van der Waals surface area contributed by atoms with Gasteiger partial charge in [-0.1, -0.05) is 35.6 Å². The van der Waals surface area contributed by atoms with Gasteiger partial charge in [0.1, 0.15) is 5.82 Å². The summed E-state index contributed by atoms with van der Waals surface area (Å²) in [5.41, 5.74) is 4.62. The number of likely N-dealkylation sites (tertiary alicyclic amines) is 1. The number of halogens is 1. The van der Waals surface area contributed by atoms with Crippen molar-refractivity contribution in [3.8, 4) is 11.8 Å². The predicted molar refractivity (Wildman–Crippen MR) is 168 cm³/mol. The number of anilines is 2. The van der Waals surface area contributed by atoms with Gasteiger partial charge < -0.3 is 15.5 Å². The molecule has 1 atom stereocenters.